The van der Waals surface area contributed by atoms with Gasteiger partial charge in [0.05, 0.1) is 29.8 Å². The normalized spacial score (nSPS) is 20.2. The van der Waals surface area contributed by atoms with Crippen molar-refractivity contribution in [1.82, 2.24) is 15.0 Å². The maximum atomic E-state index is 14.8. The fourth-order valence-electron chi connectivity index (χ4n) is 3.90. The second-order valence-corrected chi connectivity index (χ2v) is 7.42. The highest BCUT2D eigenvalue weighted by molar-refractivity contribution is 5.91. The van der Waals surface area contributed by atoms with E-state index in [9.17, 15) is 9.18 Å². The molecular formula is C23H19FN4O. The van der Waals surface area contributed by atoms with Crippen molar-refractivity contribution < 1.29 is 4.39 Å². The van der Waals surface area contributed by atoms with E-state index in [1.165, 1.54) is 17.0 Å². The molecule has 5 rings (SSSR count). The molecule has 5 nitrogen and oxygen atoms in total. The van der Waals surface area contributed by atoms with Crippen LogP contribution in [-0.2, 0) is 6.54 Å². The van der Waals surface area contributed by atoms with Crippen molar-refractivity contribution in [3.8, 4) is 0 Å². The maximum Gasteiger partial charge on any atom is 0.261 e. The molecule has 3 aromatic rings. The van der Waals surface area contributed by atoms with Gasteiger partial charge in [-0.05, 0) is 36.3 Å². The summed E-state index contributed by atoms with van der Waals surface area (Å²) in [5.41, 5.74) is 6.83. The Hall–Kier alpha value is -3.54. The van der Waals surface area contributed by atoms with Crippen LogP contribution >= 0.6 is 0 Å². The lowest BCUT2D eigenvalue weighted by molar-refractivity contribution is 0.594. The predicted octanol–water partition coefficient (Wildman–Crippen LogP) is 3.50. The summed E-state index contributed by atoms with van der Waals surface area (Å²) < 4.78 is 16.3. The highest BCUT2D eigenvalue weighted by Gasteiger charge is 2.28. The lowest BCUT2D eigenvalue weighted by Crippen LogP contribution is -2.27. The molecule has 144 valence electrons. The number of para-hydroxylation sites is 1. The number of aromatic nitrogens is 2. The zero-order valence-corrected chi connectivity index (χ0v) is 15.8. The molecule has 0 saturated carbocycles. The second-order valence-electron chi connectivity index (χ2n) is 7.42. The summed E-state index contributed by atoms with van der Waals surface area (Å²) in [6.07, 6.45) is 7.67. The minimum absolute atomic E-state index is 0.111. The van der Waals surface area contributed by atoms with Crippen LogP contribution in [-0.4, -0.2) is 21.3 Å². The van der Waals surface area contributed by atoms with Gasteiger partial charge in [-0.3, -0.25) is 9.36 Å². The molecule has 0 saturated heterocycles. The highest BCUT2D eigenvalue weighted by atomic mass is 19.1. The zero-order valence-electron chi connectivity index (χ0n) is 15.8. The van der Waals surface area contributed by atoms with E-state index in [0.717, 1.165) is 16.8 Å². The van der Waals surface area contributed by atoms with Crippen LogP contribution in [0.4, 0.5) is 4.39 Å². The molecule has 0 amide bonds. The first-order chi connectivity index (χ1) is 14.1. The Morgan fingerprint density at radius 3 is 2.93 bits per heavy atom. The minimum atomic E-state index is -0.342. The van der Waals surface area contributed by atoms with Gasteiger partial charge in [0, 0.05) is 17.2 Å². The molecule has 2 aromatic carbocycles. The summed E-state index contributed by atoms with van der Waals surface area (Å²) in [6.45, 7) is 2.13. The second kappa shape index (κ2) is 6.81. The average Bonchev–Trinajstić information content (AvgIpc) is 3.12. The van der Waals surface area contributed by atoms with Crippen molar-refractivity contribution >= 4 is 22.2 Å². The molecule has 0 bridgehead atoms. The molecule has 0 radical (unpaired) electrons. The van der Waals surface area contributed by atoms with Gasteiger partial charge in [-0.2, -0.15) is 5.10 Å². The van der Waals surface area contributed by atoms with Gasteiger partial charge in [0.1, 0.15) is 5.82 Å². The van der Waals surface area contributed by atoms with Crippen LogP contribution in [0.2, 0.25) is 0 Å². The van der Waals surface area contributed by atoms with Gasteiger partial charge in [0.25, 0.3) is 5.56 Å². The minimum Gasteiger partial charge on any atom is -0.302 e. The molecule has 2 unspecified atom stereocenters. The number of rotatable bonds is 3. The van der Waals surface area contributed by atoms with E-state index in [4.69, 9.17) is 0 Å². The lowest BCUT2D eigenvalue weighted by Gasteiger charge is -2.19. The van der Waals surface area contributed by atoms with Gasteiger partial charge in [0.15, 0.2) is 0 Å². The van der Waals surface area contributed by atoms with Crippen molar-refractivity contribution in [3.63, 3.8) is 0 Å². The van der Waals surface area contributed by atoms with Crippen molar-refractivity contribution in [2.45, 2.75) is 19.5 Å². The number of hydrazone groups is 1. The number of benzene rings is 2. The number of halogens is 1. The Morgan fingerprint density at radius 2 is 2.07 bits per heavy atom. The van der Waals surface area contributed by atoms with E-state index in [1.807, 2.05) is 25.1 Å². The van der Waals surface area contributed by atoms with Crippen LogP contribution in [0.1, 0.15) is 18.1 Å². The third-order valence-corrected chi connectivity index (χ3v) is 5.56. The Bertz CT molecular complexity index is 1270. The Labute approximate surface area is 166 Å². The molecule has 1 aliphatic heterocycles. The lowest BCUT2D eigenvalue weighted by atomic mass is 9.87. The zero-order chi connectivity index (χ0) is 20.0. The van der Waals surface area contributed by atoms with Gasteiger partial charge in [0.2, 0.25) is 0 Å². The molecule has 0 fully saturated rings. The summed E-state index contributed by atoms with van der Waals surface area (Å²) in [4.78, 5) is 17.0. The van der Waals surface area contributed by atoms with E-state index < -0.39 is 0 Å². The largest absolute Gasteiger partial charge is 0.302 e. The molecule has 2 aliphatic rings. The van der Waals surface area contributed by atoms with E-state index >= 15 is 0 Å². The fourth-order valence-corrected chi connectivity index (χ4v) is 3.90. The van der Waals surface area contributed by atoms with Crippen LogP contribution in [0.3, 0.4) is 0 Å². The molecular weight excluding hydrogens is 367 g/mol. The quantitative estimate of drug-likeness (QED) is 0.750. The molecule has 29 heavy (non-hydrogen) atoms. The van der Waals surface area contributed by atoms with Crippen molar-refractivity contribution in [2.24, 2.45) is 11.0 Å². The molecule has 2 atom stereocenters. The van der Waals surface area contributed by atoms with Crippen molar-refractivity contribution in [3.05, 3.63) is 94.3 Å². The molecule has 6 heteroatoms. The number of allylic oxidation sites excluding steroid dienone is 2. The first-order valence-electron chi connectivity index (χ1n) is 9.53. The van der Waals surface area contributed by atoms with Gasteiger partial charge >= 0.3 is 0 Å². The number of hydrogen-bond acceptors (Lipinski definition) is 4. The van der Waals surface area contributed by atoms with E-state index in [-0.39, 0.29) is 29.9 Å². The van der Waals surface area contributed by atoms with Gasteiger partial charge in [-0.1, -0.05) is 42.5 Å². The Kier molecular flexibility index (Phi) is 4.12. The van der Waals surface area contributed by atoms with Crippen LogP contribution in [0.25, 0.3) is 16.5 Å². The van der Waals surface area contributed by atoms with Crippen molar-refractivity contribution in [2.75, 3.05) is 0 Å². The van der Waals surface area contributed by atoms with E-state index in [0.29, 0.717) is 16.5 Å². The highest BCUT2D eigenvalue weighted by Crippen LogP contribution is 2.28. The number of nitrogens with one attached hydrogen (secondary N) is 1. The standard InChI is InChI=1S/C23H19FN4O/c1-14-18-9-8-16(11-22(18)27-26-14)15-6-7-17(20(24)10-15)12-28-13-25-21-5-3-2-4-19(21)23(28)29/h2-11,13,18,22,27H,12H2,1H3. The first kappa shape index (κ1) is 17.6. The van der Waals surface area contributed by atoms with Gasteiger partial charge in [-0.15, -0.1) is 0 Å². The van der Waals surface area contributed by atoms with Gasteiger partial charge < -0.3 is 5.43 Å². The Morgan fingerprint density at radius 1 is 1.21 bits per heavy atom. The van der Waals surface area contributed by atoms with E-state index in [1.54, 1.807) is 24.3 Å². The third-order valence-electron chi connectivity index (χ3n) is 5.56. The number of hydrogen-bond donors (Lipinski definition) is 1. The molecule has 1 N–H and O–H groups in total. The summed E-state index contributed by atoms with van der Waals surface area (Å²) >= 11 is 0. The van der Waals surface area contributed by atoms with Crippen LogP contribution in [0, 0.1) is 11.7 Å². The summed E-state index contributed by atoms with van der Waals surface area (Å²) in [7, 11) is 0. The van der Waals surface area contributed by atoms with Crippen LogP contribution < -0.4 is 11.0 Å². The first-order valence-corrected chi connectivity index (χ1v) is 9.53. The summed E-state index contributed by atoms with van der Waals surface area (Å²) in [6, 6.07) is 12.4. The smallest absolute Gasteiger partial charge is 0.261 e. The summed E-state index contributed by atoms with van der Waals surface area (Å²) in [5.74, 6) is -0.0825. The molecule has 0 spiro atoms. The monoisotopic (exact) mass is 386 g/mol. The molecule has 1 aromatic heterocycles. The fraction of sp³-hybridized carbons (Fsp3) is 0.174. The molecule has 2 heterocycles. The number of nitrogens with zero attached hydrogens (tertiary/aromatic N) is 3. The third kappa shape index (κ3) is 3.06. The Balaban J connectivity index is 1.43. The van der Waals surface area contributed by atoms with E-state index in [2.05, 4.69) is 27.7 Å². The predicted molar refractivity (Wildman–Crippen MR) is 112 cm³/mol. The summed E-state index contributed by atoms with van der Waals surface area (Å²) in [5, 5.41) is 4.80. The maximum absolute atomic E-state index is 14.8. The topological polar surface area (TPSA) is 59.3 Å². The van der Waals surface area contributed by atoms with Crippen LogP contribution in [0.15, 0.2) is 76.9 Å². The van der Waals surface area contributed by atoms with Crippen molar-refractivity contribution in [1.29, 1.82) is 0 Å². The number of fused-ring (bicyclic) bond motifs is 2. The average molecular weight is 386 g/mol. The SMILES string of the molecule is CC1=NNC2C=C(c3ccc(Cn4cnc5ccccc5c4=O)c(F)c3)C=CC12. The van der Waals surface area contributed by atoms with Crippen LogP contribution in [0.5, 0.6) is 0 Å². The molecule has 1 aliphatic carbocycles. The van der Waals surface area contributed by atoms with Gasteiger partial charge in [-0.25, -0.2) is 9.37 Å².